The zero-order valence-electron chi connectivity index (χ0n) is 15.5. The Morgan fingerprint density at radius 1 is 0.750 bits per heavy atom. The molecular weight excluding hydrogens is 348 g/mol. The van der Waals surface area contributed by atoms with Gasteiger partial charge in [-0.25, -0.2) is 0 Å². The summed E-state index contributed by atoms with van der Waals surface area (Å²) in [6, 6.07) is 28.7. The van der Waals surface area contributed by atoms with Crippen molar-refractivity contribution in [2.75, 3.05) is 6.61 Å². The summed E-state index contributed by atoms with van der Waals surface area (Å²) in [6.07, 6.45) is -0.207. The third-order valence-corrected chi connectivity index (χ3v) is 5.96. The summed E-state index contributed by atoms with van der Waals surface area (Å²) in [7, 11) is 0. The molecule has 3 aromatic carbocycles. The number of rotatable bonds is 5. The van der Waals surface area contributed by atoms with Crippen LogP contribution in [0, 0.1) is 5.92 Å². The highest BCUT2D eigenvalue weighted by atomic mass is 16.6. The molecule has 0 spiro atoms. The molecule has 0 N–H and O–H groups in total. The van der Waals surface area contributed by atoms with E-state index in [1.807, 2.05) is 48.5 Å². The smallest absolute Gasteiger partial charge is 0.311 e. The van der Waals surface area contributed by atoms with Gasteiger partial charge in [-0.05, 0) is 22.3 Å². The van der Waals surface area contributed by atoms with Crippen LogP contribution in [0.1, 0.15) is 40.2 Å². The third kappa shape index (κ3) is 2.92. The molecule has 0 aromatic heterocycles. The minimum Gasteiger partial charge on any atom is -0.457 e. The Hall–Kier alpha value is -2.91. The van der Waals surface area contributed by atoms with Gasteiger partial charge in [0.05, 0.1) is 19.1 Å². The molecular formula is C25H22O3. The van der Waals surface area contributed by atoms with E-state index in [4.69, 9.17) is 9.47 Å². The lowest BCUT2D eigenvalue weighted by molar-refractivity contribution is -0.144. The SMILES string of the molecule is O=C1O[C@@H]2c3ccccc3[C@H](COCc3ccccc3)[C@H]1[C@H]2c1ccccc1. The van der Waals surface area contributed by atoms with Gasteiger partial charge in [-0.15, -0.1) is 0 Å². The quantitative estimate of drug-likeness (QED) is 0.593. The monoisotopic (exact) mass is 370 g/mol. The minimum absolute atomic E-state index is 0.00336. The molecule has 4 atom stereocenters. The minimum atomic E-state index is -0.210. The first-order valence-electron chi connectivity index (χ1n) is 9.79. The fourth-order valence-electron chi connectivity index (χ4n) is 4.71. The maximum Gasteiger partial charge on any atom is 0.311 e. The molecule has 1 saturated heterocycles. The van der Waals surface area contributed by atoms with Crippen molar-refractivity contribution >= 4 is 5.97 Å². The van der Waals surface area contributed by atoms with Crippen LogP contribution in [-0.4, -0.2) is 12.6 Å². The van der Waals surface area contributed by atoms with E-state index < -0.39 is 0 Å². The Morgan fingerprint density at radius 3 is 2.14 bits per heavy atom. The number of hydrogen-bond donors (Lipinski definition) is 0. The molecule has 3 nitrogen and oxygen atoms in total. The highest BCUT2D eigenvalue weighted by Crippen LogP contribution is 2.56. The Kier molecular flexibility index (Phi) is 4.46. The van der Waals surface area contributed by atoms with E-state index >= 15 is 0 Å². The molecule has 1 aliphatic carbocycles. The maximum absolute atomic E-state index is 12.9. The average molecular weight is 370 g/mol. The molecule has 140 valence electrons. The van der Waals surface area contributed by atoms with Gasteiger partial charge in [-0.2, -0.15) is 0 Å². The molecule has 0 radical (unpaired) electrons. The molecule has 1 heterocycles. The average Bonchev–Trinajstić information content (AvgIpc) is 3.04. The molecule has 2 aliphatic rings. The van der Waals surface area contributed by atoms with Crippen molar-refractivity contribution in [1.82, 2.24) is 0 Å². The highest BCUT2D eigenvalue weighted by Gasteiger charge is 2.54. The zero-order chi connectivity index (χ0) is 18.9. The highest BCUT2D eigenvalue weighted by molar-refractivity contribution is 5.80. The van der Waals surface area contributed by atoms with Gasteiger partial charge in [-0.3, -0.25) is 4.79 Å². The summed E-state index contributed by atoms with van der Waals surface area (Å²) < 4.78 is 12.0. The summed E-state index contributed by atoms with van der Waals surface area (Å²) in [5.74, 6) is -0.285. The molecule has 0 unspecified atom stereocenters. The lowest BCUT2D eigenvalue weighted by Gasteiger charge is -2.34. The van der Waals surface area contributed by atoms with Gasteiger partial charge in [-0.1, -0.05) is 84.9 Å². The van der Waals surface area contributed by atoms with E-state index in [2.05, 4.69) is 36.4 Å². The third-order valence-electron chi connectivity index (χ3n) is 5.96. The van der Waals surface area contributed by atoms with Gasteiger partial charge >= 0.3 is 5.97 Å². The van der Waals surface area contributed by atoms with Crippen molar-refractivity contribution in [2.24, 2.45) is 5.92 Å². The standard InChI is InChI=1S/C25H22O3/c26-25-23-21(16-27-15-17-9-3-1-4-10-17)19-13-7-8-14-20(19)24(28-25)22(23)18-11-5-2-6-12-18/h1-14,21-24H,15-16H2/t21-,22+,23-,24+/m0/s1. The molecule has 3 heteroatoms. The largest absolute Gasteiger partial charge is 0.457 e. The summed E-state index contributed by atoms with van der Waals surface area (Å²) in [5, 5.41) is 0. The van der Waals surface area contributed by atoms with Crippen molar-refractivity contribution in [3.63, 3.8) is 0 Å². The zero-order valence-corrected chi connectivity index (χ0v) is 15.5. The van der Waals surface area contributed by atoms with Crippen molar-refractivity contribution < 1.29 is 14.3 Å². The van der Waals surface area contributed by atoms with Gasteiger partial charge in [0.25, 0.3) is 0 Å². The first-order valence-corrected chi connectivity index (χ1v) is 9.79. The van der Waals surface area contributed by atoms with Crippen molar-refractivity contribution in [1.29, 1.82) is 0 Å². The second kappa shape index (κ2) is 7.25. The van der Waals surface area contributed by atoms with E-state index in [1.165, 1.54) is 5.56 Å². The summed E-state index contributed by atoms with van der Waals surface area (Å²) in [6.45, 7) is 1.04. The Balaban J connectivity index is 1.47. The Morgan fingerprint density at radius 2 is 1.39 bits per heavy atom. The van der Waals surface area contributed by atoms with Crippen LogP contribution in [0.2, 0.25) is 0 Å². The second-order valence-electron chi connectivity index (χ2n) is 7.56. The van der Waals surface area contributed by atoms with Crippen LogP contribution < -0.4 is 0 Å². The number of benzene rings is 3. The molecule has 5 rings (SSSR count). The van der Waals surface area contributed by atoms with Gasteiger partial charge < -0.3 is 9.47 Å². The molecule has 1 aliphatic heterocycles. The van der Waals surface area contributed by atoms with Gasteiger partial charge in [0.1, 0.15) is 6.10 Å². The Bertz CT molecular complexity index is 967. The lowest BCUT2D eigenvalue weighted by atomic mass is 9.67. The molecule has 1 fully saturated rings. The fourth-order valence-corrected chi connectivity index (χ4v) is 4.71. The predicted molar refractivity (Wildman–Crippen MR) is 107 cm³/mol. The maximum atomic E-state index is 12.9. The van der Waals surface area contributed by atoms with Gasteiger partial charge in [0.15, 0.2) is 0 Å². The number of hydrogen-bond acceptors (Lipinski definition) is 3. The van der Waals surface area contributed by atoms with Crippen LogP contribution in [0.15, 0.2) is 84.9 Å². The van der Waals surface area contributed by atoms with Crippen molar-refractivity contribution in [2.45, 2.75) is 24.5 Å². The fraction of sp³-hybridized carbons (Fsp3) is 0.240. The van der Waals surface area contributed by atoms with E-state index in [0.29, 0.717) is 13.2 Å². The number of carbonyl (C=O) groups is 1. The lowest BCUT2D eigenvalue weighted by Crippen LogP contribution is -2.31. The topological polar surface area (TPSA) is 35.5 Å². The molecule has 0 saturated carbocycles. The number of esters is 1. The van der Waals surface area contributed by atoms with E-state index in [0.717, 1.165) is 16.7 Å². The van der Waals surface area contributed by atoms with Crippen LogP contribution >= 0.6 is 0 Å². The van der Waals surface area contributed by atoms with Crippen LogP contribution in [0.5, 0.6) is 0 Å². The van der Waals surface area contributed by atoms with Crippen LogP contribution in [0.3, 0.4) is 0 Å². The normalized spacial score (nSPS) is 25.2. The molecule has 2 bridgehead atoms. The Labute approximate surface area is 164 Å². The predicted octanol–water partition coefficient (Wildman–Crippen LogP) is 5.00. The van der Waals surface area contributed by atoms with E-state index in [9.17, 15) is 4.79 Å². The number of fused-ring (bicyclic) bond motifs is 4. The second-order valence-corrected chi connectivity index (χ2v) is 7.56. The van der Waals surface area contributed by atoms with E-state index in [-0.39, 0.29) is 29.8 Å². The molecule has 28 heavy (non-hydrogen) atoms. The van der Waals surface area contributed by atoms with Gasteiger partial charge in [0, 0.05) is 11.8 Å². The van der Waals surface area contributed by atoms with Crippen LogP contribution in [0.4, 0.5) is 0 Å². The van der Waals surface area contributed by atoms with Crippen LogP contribution in [0.25, 0.3) is 0 Å². The van der Waals surface area contributed by atoms with Crippen molar-refractivity contribution in [3.8, 4) is 0 Å². The summed E-state index contributed by atoms with van der Waals surface area (Å²) >= 11 is 0. The molecule has 3 aromatic rings. The van der Waals surface area contributed by atoms with E-state index in [1.54, 1.807) is 0 Å². The number of ether oxygens (including phenoxy) is 2. The number of carbonyl (C=O) groups excluding carboxylic acids is 1. The molecule has 0 amide bonds. The van der Waals surface area contributed by atoms with Gasteiger partial charge in [0.2, 0.25) is 0 Å². The first-order chi connectivity index (χ1) is 13.8. The summed E-state index contributed by atoms with van der Waals surface area (Å²) in [5.41, 5.74) is 4.60. The van der Waals surface area contributed by atoms with Crippen molar-refractivity contribution in [3.05, 3.63) is 107 Å². The summed E-state index contributed by atoms with van der Waals surface area (Å²) in [4.78, 5) is 12.9. The first kappa shape index (κ1) is 17.2. The van der Waals surface area contributed by atoms with Crippen LogP contribution in [-0.2, 0) is 20.9 Å².